The minimum atomic E-state index is -0.737. The monoisotopic (exact) mass is 320 g/mol. The summed E-state index contributed by atoms with van der Waals surface area (Å²) in [5.41, 5.74) is -0.478. The first-order valence-electron chi connectivity index (χ1n) is 5.35. The number of nitrogens with zero attached hydrogens (tertiary/aromatic N) is 1. The van der Waals surface area contributed by atoms with Crippen LogP contribution in [0, 0.1) is 10.1 Å². The van der Waals surface area contributed by atoms with Gasteiger partial charge in [-0.25, -0.2) is 0 Å². The number of hydrogen-bond donors (Lipinski definition) is 1. The predicted molar refractivity (Wildman–Crippen MR) is 72.1 cm³/mol. The standard InChI is InChI=1S/C11H10Cl2N2O5/c1-20-9(16)2-3-14-11(17)6-4-7(12)10(13)8(5-6)15(18)19/h4-5H,2-3H2,1H3,(H,14,17). The summed E-state index contributed by atoms with van der Waals surface area (Å²) >= 11 is 11.4. The summed E-state index contributed by atoms with van der Waals surface area (Å²) in [6, 6.07) is 2.23. The molecule has 0 heterocycles. The quantitative estimate of drug-likeness (QED) is 0.509. The maximum Gasteiger partial charge on any atom is 0.307 e. The summed E-state index contributed by atoms with van der Waals surface area (Å²) in [5, 5.41) is 12.8. The number of nitrogens with one attached hydrogen (secondary N) is 1. The minimum Gasteiger partial charge on any atom is -0.469 e. The molecule has 1 N–H and O–H groups in total. The van der Waals surface area contributed by atoms with Gasteiger partial charge in [-0.05, 0) is 6.07 Å². The molecule has 7 nitrogen and oxygen atoms in total. The summed E-state index contributed by atoms with van der Waals surface area (Å²) < 4.78 is 4.41. The van der Waals surface area contributed by atoms with Gasteiger partial charge in [0.15, 0.2) is 0 Å². The molecule has 1 aromatic carbocycles. The second-order valence-electron chi connectivity index (χ2n) is 3.63. The van der Waals surface area contributed by atoms with E-state index in [2.05, 4.69) is 10.1 Å². The first kappa shape index (κ1) is 16.2. The summed E-state index contributed by atoms with van der Waals surface area (Å²) in [6.07, 6.45) is -0.00828. The van der Waals surface area contributed by atoms with E-state index in [1.807, 2.05) is 0 Å². The van der Waals surface area contributed by atoms with Crippen molar-refractivity contribution >= 4 is 40.8 Å². The Balaban J connectivity index is 2.83. The normalized spacial score (nSPS) is 9.95. The molecule has 0 bridgehead atoms. The van der Waals surface area contributed by atoms with E-state index in [4.69, 9.17) is 23.2 Å². The van der Waals surface area contributed by atoms with Gasteiger partial charge < -0.3 is 10.1 Å². The highest BCUT2D eigenvalue weighted by Crippen LogP contribution is 2.32. The highest BCUT2D eigenvalue weighted by Gasteiger charge is 2.20. The van der Waals surface area contributed by atoms with Crippen molar-refractivity contribution in [2.45, 2.75) is 6.42 Å². The summed E-state index contributed by atoms with van der Waals surface area (Å²) in [4.78, 5) is 32.7. The average Bonchev–Trinajstić information content (AvgIpc) is 2.40. The molecular weight excluding hydrogens is 311 g/mol. The van der Waals surface area contributed by atoms with Crippen LogP contribution in [0.2, 0.25) is 10.0 Å². The molecule has 9 heteroatoms. The zero-order valence-corrected chi connectivity index (χ0v) is 11.8. The zero-order valence-electron chi connectivity index (χ0n) is 10.3. The summed E-state index contributed by atoms with van der Waals surface area (Å²) in [7, 11) is 1.23. The third-order valence-electron chi connectivity index (χ3n) is 2.31. The number of amides is 1. The van der Waals surface area contributed by atoms with Crippen LogP contribution in [-0.4, -0.2) is 30.5 Å². The Morgan fingerprint density at radius 3 is 2.60 bits per heavy atom. The van der Waals surface area contributed by atoms with Crippen LogP contribution in [0.3, 0.4) is 0 Å². The minimum absolute atomic E-state index is 0.00828. The van der Waals surface area contributed by atoms with Crippen LogP contribution in [0.25, 0.3) is 0 Å². The van der Waals surface area contributed by atoms with Crippen LogP contribution in [0.15, 0.2) is 12.1 Å². The Kier molecular flexibility index (Phi) is 5.72. The lowest BCUT2D eigenvalue weighted by molar-refractivity contribution is -0.384. The average molecular weight is 321 g/mol. The Morgan fingerprint density at radius 2 is 2.05 bits per heavy atom. The fraction of sp³-hybridized carbons (Fsp3) is 0.273. The van der Waals surface area contributed by atoms with Gasteiger partial charge in [-0.15, -0.1) is 0 Å². The topological polar surface area (TPSA) is 98.5 Å². The van der Waals surface area contributed by atoms with Crippen molar-refractivity contribution < 1.29 is 19.2 Å². The lowest BCUT2D eigenvalue weighted by atomic mass is 10.2. The van der Waals surface area contributed by atoms with E-state index in [0.717, 1.165) is 6.07 Å². The Labute approximate surface area is 124 Å². The molecule has 0 saturated heterocycles. The van der Waals surface area contributed by atoms with E-state index in [9.17, 15) is 19.7 Å². The van der Waals surface area contributed by atoms with Crippen LogP contribution in [-0.2, 0) is 9.53 Å². The molecule has 0 aliphatic rings. The smallest absolute Gasteiger partial charge is 0.307 e. The van der Waals surface area contributed by atoms with Crippen LogP contribution in [0.5, 0.6) is 0 Å². The molecule has 1 aromatic rings. The van der Waals surface area contributed by atoms with E-state index >= 15 is 0 Å². The molecule has 0 saturated carbocycles. The second kappa shape index (κ2) is 7.06. The van der Waals surface area contributed by atoms with Gasteiger partial charge in [0.2, 0.25) is 0 Å². The number of rotatable bonds is 5. The molecule has 108 valence electrons. The molecule has 0 radical (unpaired) electrons. The highest BCUT2D eigenvalue weighted by molar-refractivity contribution is 6.43. The maximum atomic E-state index is 11.8. The van der Waals surface area contributed by atoms with Crippen LogP contribution >= 0.6 is 23.2 Å². The van der Waals surface area contributed by atoms with Crippen LogP contribution in [0.4, 0.5) is 5.69 Å². The van der Waals surface area contributed by atoms with E-state index in [-0.39, 0.29) is 28.6 Å². The fourth-order valence-electron chi connectivity index (χ4n) is 1.32. The highest BCUT2D eigenvalue weighted by atomic mass is 35.5. The molecule has 0 aromatic heterocycles. The molecule has 0 fully saturated rings. The van der Waals surface area contributed by atoms with Crippen LogP contribution in [0.1, 0.15) is 16.8 Å². The van der Waals surface area contributed by atoms with Crippen molar-refractivity contribution in [1.82, 2.24) is 5.32 Å². The molecule has 0 aliphatic heterocycles. The number of nitro groups is 1. The second-order valence-corrected chi connectivity index (χ2v) is 4.42. The van der Waals surface area contributed by atoms with Gasteiger partial charge in [0.05, 0.1) is 23.5 Å². The lowest BCUT2D eigenvalue weighted by Crippen LogP contribution is -2.26. The van der Waals surface area contributed by atoms with Crippen molar-refractivity contribution in [3.05, 3.63) is 37.9 Å². The van der Waals surface area contributed by atoms with Gasteiger partial charge in [-0.3, -0.25) is 19.7 Å². The number of nitro benzene ring substituents is 1. The van der Waals surface area contributed by atoms with E-state index in [1.54, 1.807) is 0 Å². The first-order valence-corrected chi connectivity index (χ1v) is 6.11. The molecule has 20 heavy (non-hydrogen) atoms. The Hall–Kier alpha value is -1.86. The Morgan fingerprint density at radius 1 is 1.40 bits per heavy atom. The SMILES string of the molecule is COC(=O)CCNC(=O)c1cc(Cl)c(Cl)c([N+](=O)[O-])c1. The number of benzene rings is 1. The number of carbonyl (C=O) groups excluding carboxylic acids is 2. The van der Waals surface area contributed by atoms with Crippen molar-refractivity contribution in [1.29, 1.82) is 0 Å². The number of methoxy groups -OCH3 is 1. The van der Waals surface area contributed by atoms with Gasteiger partial charge >= 0.3 is 5.97 Å². The largest absolute Gasteiger partial charge is 0.469 e. The first-order chi connectivity index (χ1) is 9.36. The molecule has 0 atom stereocenters. The van der Waals surface area contributed by atoms with Gasteiger partial charge in [-0.1, -0.05) is 23.2 Å². The number of ether oxygens (including phenoxy) is 1. The number of carbonyl (C=O) groups is 2. The molecular formula is C11H10Cl2N2O5. The van der Waals surface area contributed by atoms with Gasteiger partial charge in [0.25, 0.3) is 11.6 Å². The molecule has 0 unspecified atom stereocenters. The molecule has 0 spiro atoms. The van der Waals surface area contributed by atoms with Crippen molar-refractivity contribution in [3.63, 3.8) is 0 Å². The van der Waals surface area contributed by atoms with Gasteiger partial charge in [-0.2, -0.15) is 0 Å². The number of hydrogen-bond acceptors (Lipinski definition) is 5. The van der Waals surface area contributed by atoms with Crippen molar-refractivity contribution in [2.75, 3.05) is 13.7 Å². The molecule has 0 aliphatic carbocycles. The van der Waals surface area contributed by atoms with E-state index in [0.29, 0.717) is 0 Å². The predicted octanol–water partition coefficient (Wildman–Crippen LogP) is 2.19. The lowest BCUT2D eigenvalue weighted by Gasteiger charge is -2.06. The Bertz CT molecular complexity index is 562. The van der Waals surface area contributed by atoms with Crippen molar-refractivity contribution in [2.24, 2.45) is 0 Å². The molecule has 1 rings (SSSR count). The summed E-state index contributed by atoms with van der Waals surface area (Å²) in [6.45, 7) is 0.0412. The van der Waals surface area contributed by atoms with Gasteiger partial charge in [0.1, 0.15) is 5.02 Å². The third-order valence-corrected chi connectivity index (χ3v) is 3.10. The maximum absolute atomic E-state index is 11.8. The van der Waals surface area contributed by atoms with Gasteiger partial charge in [0, 0.05) is 18.2 Å². The zero-order chi connectivity index (χ0) is 15.3. The summed E-state index contributed by atoms with van der Waals surface area (Å²) in [5.74, 6) is -1.08. The van der Waals surface area contributed by atoms with E-state index in [1.165, 1.54) is 13.2 Å². The van der Waals surface area contributed by atoms with Crippen molar-refractivity contribution in [3.8, 4) is 0 Å². The number of esters is 1. The van der Waals surface area contributed by atoms with E-state index < -0.39 is 22.5 Å². The number of halogens is 2. The molecule has 1 amide bonds. The van der Waals surface area contributed by atoms with Crippen LogP contribution < -0.4 is 5.32 Å². The fourth-order valence-corrected chi connectivity index (χ4v) is 1.71. The third kappa shape index (κ3) is 4.07.